The first-order valence-electron chi connectivity index (χ1n) is 20.4. The van der Waals surface area contributed by atoms with Crippen LogP contribution in [0.3, 0.4) is 0 Å². The second kappa shape index (κ2) is 16.3. The standard InChI is InChI=1S/C43H58N4O10S/c1-8-26-17-25(2)11-9-10-12-27-21-43(27,40(52)46-58(53,54)42(6)15-16-42)22-35(48)34-19-29(24-47(34)39(51)31(26)20-36(49)57-41(3,4)5)56-38-30-14-13-28(55-7)18-32(30)33(23-45-38)37(44)50/h10,12-14,18,23,25-27,29,31,34H,8-9,11,15-17,19-22,24H2,1-7H3,(H2,44,50)(H,46,52)/b12-10-/t25-,26-,27-,29-,31+,34+,43-/m1/s1. The van der Waals surface area contributed by atoms with Gasteiger partial charge < -0.3 is 24.8 Å². The summed E-state index contributed by atoms with van der Waals surface area (Å²) in [6, 6.07) is 3.98. The summed E-state index contributed by atoms with van der Waals surface area (Å²) in [4.78, 5) is 75.6. The number of pyridine rings is 1. The molecule has 1 aromatic carbocycles. The second-order valence-corrected chi connectivity index (χ2v) is 20.3. The molecule has 3 heterocycles. The minimum absolute atomic E-state index is 0.0296. The van der Waals surface area contributed by atoms with Gasteiger partial charge in [0.05, 0.1) is 47.8 Å². The van der Waals surface area contributed by atoms with Gasteiger partial charge in [0, 0.05) is 29.8 Å². The minimum atomic E-state index is -3.99. The summed E-state index contributed by atoms with van der Waals surface area (Å²) in [7, 11) is -2.49. The smallest absolute Gasteiger partial charge is 0.307 e. The fourth-order valence-corrected chi connectivity index (χ4v) is 10.0. The number of fused-ring (bicyclic) bond motifs is 3. The predicted molar refractivity (Wildman–Crippen MR) is 216 cm³/mol. The topological polar surface area (TPSA) is 201 Å². The van der Waals surface area contributed by atoms with Crippen LogP contribution in [0.5, 0.6) is 11.6 Å². The average Bonchev–Trinajstić information content (AvgIpc) is 4.03. The number of rotatable bonds is 10. The molecule has 3 N–H and O–H groups in total. The van der Waals surface area contributed by atoms with Gasteiger partial charge in [0.25, 0.3) is 5.91 Å². The number of benzene rings is 1. The van der Waals surface area contributed by atoms with Crippen molar-refractivity contribution in [2.75, 3.05) is 13.7 Å². The molecule has 58 heavy (non-hydrogen) atoms. The molecular weight excluding hydrogens is 765 g/mol. The number of hydrogen-bond acceptors (Lipinski definition) is 11. The lowest BCUT2D eigenvalue weighted by Gasteiger charge is -2.33. The molecule has 2 aliphatic heterocycles. The number of esters is 1. The van der Waals surface area contributed by atoms with E-state index in [9.17, 15) is 27.6 Å². The Labute approximate surface area is 341 Å². The zero-order chi connectivity index (χ0) is 42.4. The Balaban J connectivity index is 1.38. The number of methoxy groups -OCH3 is 1. The van der Waals surface area contributed by atoms with Gasteiger partial charge in [-0.2, -0.15) is 0 Å². The van der Waals surface area contributed by atoms with Gasteiger partial charge in [-0.05, 0) is 102 Å². The number of nitrogens with one attached hydrogen (secondary N) is 1. The van der Waals surface area contributed by atoms with Gasteiger partial charge >= 0.3 is 5.97 Å². The van der Waals surface area contributed by atoms with E-state index in [2.05, 4.69) is 16.6 Å². The SMILES string of the molecule is CC[C@@H]1C[C@H](C)CC/C=C\[C@@H]2C[C@@]2(C(=O)NS(=O)(=O)C2(C)CC2)CC(=O)[C@@H]2C[C@@H](Oc3ncc(C(N)=O)c4cc(OC)ccc34)CN2C(=O)[C@H]1CC(=O)OC(C)(C)C. The lowest BCUT2D eigenvalue weighted by Crippen LogP contribution is -2.48. The summed E-state index contributed by atoms with van der Waals surface area (Å²) >= 11 is 0. The van der Waals surface area contributed by atoms with Crippen LogP contribution in [0.25, 0.3) is 10.8 Å². The Bertz CT molecular complexity index is 2110. The molecule has 0 radical (unpaired) electrons. The van der Waals surface area contributed by atoms with Crippen LogP contribution in [0.1, 0.15) is 116 Å². The highest BCUT2D eigenvalue weighted by Crippen LogP contribution is 2.58. The maximum absolute atomic E-state index is 15.1. The Hall–Kier alpha value is -4.53. The first-order chi connectivity index (χ1) is 27.2. The summed E-state index contributed by atoms with van der Waals surface area (Å²) in [5.74, 6) is -3.27. The van der Waals surface area contributed by atoms with Crippen LogP contribution >= 0.6 is 0 Å². The monoisotopic (exact) mass is 822 g/mol. The molecule has 3 fully saturated rings. The number of primary amides is 1. The van der Waals surface area contributed by atoms with Gasteiger partial charge in [-0.1, -0.05) is 32.4 Å². The molecule has 15 heteroatoms. The van der Waals surface area contributed by atoms with Crippen LogP contribution in [0.4, 0.5) is 0 Å². The van der Waals surface area contributed by atoms with E-state index in [-0.39, 0.29) is 67.3 Å². The predicted octanol–water partition coefficient (Wildman–Crippen LogP) is 5.41. The molecule has 14 nitrogen and oxygen atoms in total. The first kappa shape index (κ1) is 43.1. The molecule has 1 aromatic heterocycles. The third kappa shape index (κ3) is 9.03. The van der Waals surface area contributed by atoms with Gasteiger partial charge in [-0.3, -0.25) is 28.7 Å². The Morgan fingerprint density at radius 2 is 1.83 bits per heavy atom. The highest BCUT2D eigenvalue weighted by Gasteiger charge is 2.62. The van der Waals surface area contributed by atoms with Crippen molar-refractivity contribution in [2.24, 2.45) is 34.8 Å². The molecule has 316 valence electrons. The molecule has 6 rings (SSSR count). The number of Topliss-reactive ketones (excluding diaryl/α,β-unsaturated/α-hetero) is 1. The molecule has 0 unspecified atom stereocenters. The van der Waals surface area contributed by atoms with Crippen LogP contribution in [-0.4, -0.2) is 83.9 Å². The molecule has 4 aliphatic rings. The Kier molecular flexibility index (Phi) is 12.1. The van der Waals surface area contributed by atoms with E-state index in [0.29, 0.717) is 48.6 Å². The van der Waals surface area contributed by atoms with Gasteiger partial charge in [-0.15, -0.1) is 0 Å². The summed E-state index contributed by atoms with van der Waals surface area (Å²) in [6.07, 6.45) is 7.98. The normalized spacial score (nSPS) is 29.3. The van der Waals surface area contributed by atoms with E-state index in [1.807, 2.05) is 19.1 Å². The molecule has 0 bridgehead atoms. The van der Waals surface area contributed by atoms with Crippen molar-refractivity contribution in [3.8, 4) is 11.6 Å². The van der Waals surface area contributed by atoms with Crippen molar-refractivity contribution in [1.82, 2.24) is 14.6 Å². The van der Waals surface area contributed by atoms with Gasteiger partial charge in [-0.25, -0.2) is 13.4 Å². The molecule has 1 saturated heterocycles. The number of carbonyl (C=O) groups is 5. The third-order valence-corrected chi connectivity index (χ3v) is 14.7. The lowest BCUT2D eigenvalue weighted by atomic mass is 9.79. The van der Waals surface area contributed by atoms with E-state index in [0.717, 1.165) is 6.42 Å². The number of carbonyl (C=O) groups excluding carboxylic acids is 5. The second-order valence-electron chi connectivity index (χ2n) is 18.1. The minimum Gasteiger partial charge on any atom is -0.497 e. The Morgan fingerprint density at radius 1 is 1.10 bits per heavy atom. The summed E-state index contributed by atoms with van der Waals surface area (Å²) in [5.41, 5.74) is 3.74. The van der Waals surface area contributed by atoms with Crippen molar-refractivity contribution in [1.29, 1.82) is 0 Å². The van der Waals surface area contributed by atoms with E-state index >= 15 is 4.79 Å². The quantitative estimate of drug-likeness (QED) is 0.229. The number of amides is 3. The third-order valence-electron chi connectivity index (χ3n) is 12.5. The maximum Gasteiger partial charge on any atom is 0.307 e. The van der Waals surface area contributed by atoms with Crippen molar-refractivity contribution in [2.45, 2.75) is 128 Å². The number of nitrogens with two attached hydrogens (primary N) is 1. The van der Waals surface area contributed by atoms with Crippen LogP contribution in [0.2, 0.25) is 0 Å². The van der Waals surface area contributed by atoms with Crippen molar-refractivity contribution < 1.29 is 46.6 Å². The molecule has 2 saturated carbocycles. The molecular formula is C43H58N4O10S. The highest BCUT2D eigenvalue weighted by molar-refractivity contribution is 7.91. The number of hydrogen-bond donors (Lipinski definition) is 2. The fourth-order valence-electron chi connectivity index (χ4n) is 8.68. The molecule has 2 aliphatic carbocycles. The van der Waals surface area contributed by atoms with Crippen molar-refractivity contribution in [3.63, 3.8) is 0 Å². The van der Waals surface area contributed by atoms with Gasteiger partial charge in [0.2, 0.25) is 27.7 Å². The number of nitrogens with zero attached hydrogens (tertiary/aromatic N) is 2. The van der Waals surface area contributed by atoms with Crippen molar-refractivity contribution in [3.05, 3.63) is 42.1 Å². The lowest BCUT2D eigenvalue weighted by molar-refractivity contribution is -0.160. The molecule has 3 amide bonds. The van der Waals surface area contributed by atoms with E-state index in [4.69, 9.17) is 19.9 Å². The Morgan fingerprint density at radius 3 is 2.47 bits per heavy atom. The number of ketones is 1. The fraction of sp³-hybridized carbons (Fsp3) is 0.628. The zero-order valence-corrected chi connectivity index (χ0v) is 35.5. The highest BCUT2D eigenvalue weighted by atomic mass is 32.2. The molecule has 0 spiro atoms. The summed E-state index contributed by atoms with van der Waals surface area (Å²) in [6.45, 7) is 11.0. The summed E-state index contributed by atoms with van der Waals surface area (Å²) in [5, 5.41) is 0.917. The van der Waals surface area contributed by atoms with Gasteiger partial charge in [0.1, 0.15) is 17.5 Å². The molecule has 2 aromatic rings. The van der Waals surface area contributed by atoms with Crippen LogP contribution in [-0.2, 0) is 33.9 Å². The van der Waals surface area contributed by atoms with Crippen LogP contribution in [0, 0.1) is 29.1 Å². The maximum atomic E-state index is 15.1. The van der Waals surface area contributed by atoms with E-state index in [1.54, 1.807) is 45.9 Å². The number of aromatic nitrogens is 1. The molecule has 7 atom stereocenters. The number of allylic oxidation sites excluding steroid dienone is 2. The van der Waals surface area contributed by atoms with E-state index < -0.39 is 67.4 Å². The zero-order valence-electron chi connectivity index (χ0n) is 34.7. The number of ether oxygens (including phenoxy) is 3. The van der Waals surface area contributed by atoms with Crippen LogP contribution in [0.15, 0.2) is 36.5 Å². The number of sulfonamides is 1. The van der Waals surface area contributed by atoms with Crippen LogP contribution < -0.4 is 19.9 Å². The van der Waals surface area contributed by atoms with E-state index in [1.165, 1.54) is 18.2 Å². The average molecular weight is 823 g/mol. The van der Waals surface area contributed by atoms with Gasteiger partial charge in [0.15, 0.2) is 5.78 Å². The first-order valence-corrected chi connectivity index (χ1v) is 21.9. The van der Waals surface area contributed by atoms with Crippen molar-refractivity contribution >= 4 is 50.3 Å². The largest absolute Gasteiger partial charge is 0.497 e. The summed E-state index contributed by atoms with van der Waals surface area (Å²) < 4.78 is 45.4.